The van der Waals surface area contributed by atoms with E-state index in [1.807, 2.05) is 19.1 Å². The Balaban J connectivity index is 1.97. The van der Waals surface area contributed by atoms with E-state index in [0.717, 1.165) is 32.0 Å². The van der Waals surface area contributed by atoms with Crippen molar-refractivity contribution in [3.63, 3.8) is 0 Å². The van der Waals surface area contributed by atoms with Gasteiger partial charge in [0.1, 0.15) is 5.75 Å². The number of pyridine rings is 2. The zero-order valence-electron chi connectivity index (χ0n) is 13.4. The van der Waals surface area contributed by atoms with E-state index in [-0.39, 0.29) is 11.3 Å². The highest BCUT2D eigenvalue weighted by Gasteiger charge is 2.16. The number of aromatic amines is 1. The monoisotopic (exact) mass is 315 g/mol. The molecule has 1 saturated heterocycles. The van der Waals surface area contributed by atoms with E-state index in [2.05, 4.69) is 14.9 Å². The van der Waals surface area contributed by atoms with E-state index in [4.69, 9.17) is 4.74 Å². The van der Waals surface area contributed by atoms with Crippen LogP contribution in [0.15, 0.2) is 23.1 Å². The number of morpholine rings is 1. The first-order valence-electron chi connectivity index (χ1n) is 7.85. The highest BCUT2D eigenvalue weighted by molar-refractivity contribution is 5.65. The normalized spacial score (nSPS) is 15.0. The molecule has 2 aromatic heterocycles. The summed E-state index contributed by atoms with van der Waals surface area (Å²) in [5.74, 6) is 0.0605. The summed E-state index contributed by atoms with van der Waals surface area (Å²) in [7, 11) is 0. The first kappa shape index (κ1) is 15.6. The lowest BCUT2D eigenvalue weighted by atomic mass is 10.0. The number of aromatic nitrogens is 2. The largest absolute Gasteiger partial charge is 0.507 e. The number of hydrogen-bond acceptors (Lipinski definition) is 5. The van der Waals surface area contributed by atoms with Crippen molar-refractivity contribution in [3.8, 4) is 17.1 Å². The summed E-state index contributed by atoms with van der Waals surface area (Å²) in [5, 5.41) is 10.2. The molecule has 1 aliphatic rings. The van der Waals surface area contributed by atoms with Gasteiger partial charge < -0.3 is 19.7 Å². The number of anilines is 1. The van der Waals surface area contributed by atoms with Crippen molar-refractivity contribution in [2.75, 3.05) is 31.2 Å². The van der Waals surface area contributed by atoms with Gasteiger partial charge in [0.25, 0.3) is 5.56 Å². The van der Waals surface area contributed by atoms with E-state index in [9.17, 15) is 9.90 Å². The second-order valence-corrected chi connectivity index (χ2v) is 5.64. The van der Waals surface area contributed by atoms with Gasteiger partial charge in [-0.3, -0.25) is 9.78 Å². The lowest BCUT2D eigenvalue weighted by molar-refractivity contribution is 0.122. The first-order chi connectivity index (χ1) is 11.1. The molecule has 23 heavy (non-hydrogen) atoms. The third kappa shape index (κ3) is 2.94. The summed E-state index contributed by atoms with van der Waals surface area (Å²) in [4.78, 5) is 21.5. The van der Waals surface area contributed by atoms with E-state index >= 15 is 0 Å². The molecular weight excluding hydrogens is 294 g/mol. The minimum Gasteiger partial charge on any atom is -0.507 e. The third-order valence-electron chi connectivity index (χ3n) is 4.26. The minimum absolute atomic E-state index is 0.0605. The van der Waals surface area contributed by atoms with Gasteiger partial charge in [-0.25, -0.2) is 0 Å². The molecule has 0 radical (unpaired) electrons. The van der Waals surface area contributed by atoms with Crippen LogP contribution in [-0.4, -0.2) is 41.4 Å². The van der Waals surface area contributed by atoms with Crippen LogP contribution in [0, 0.1) is 6.92 Å². The van der Waals surface area contributed by atoms with Crippen molar-refractivity contribution in [1.29, 1.82) is 0 Å². The fourth-order valence-electron chi connectivity index (χ4n) is 2.84. The summed E-state index contributed by atoms with van der Waals surface area (Å²) >= 11 is 0. The van der Waals surface area contributed by atoms with Gasteiger partial charge in [0.2, 0.25) is 0 Å². The standard InChI is InChI=1S/C17H21N3O3/c1-3-13-15(19-17(22)11(2)16(13)21)14-5-4-12(10-18-14)20-6-8-23-9-7-20/h4-5,10H,3,6-9H2,1-2H3,(H2,19,21,22). The fourth-order valence-corrected chi connectivity index (χ4v) is 2.84. The maximum absolute atomic E-state index is 12.0. The Bertz CT molecular complexity index is 747. The average Bonchev–Trinajstić information content (AvgIpc) is 2.60. The number of H-pyrrole nitrogens is 1. The lowest BCUT2D eigenvalue weighted by Crippen LogP contribution is -2.36. The van der Waals surface area contributed by atoms with Crippen LogP contribution in [0.2, 0.25) is 0 Å². The van der Waals surface area contributed by atoms with Crippen molar-refractivity contribution in [2.24, 2.45) is 0 Å². The molecule has 3 heterocycles. The number of aromatic hydroxyl groups is 1. The van der Waals surface area contributed by atoms with Gasteiger partial charge >= 0.3 is 0 Å². The Labute approximate surface area is 134 Å². The zero-order valence-corrected chi connectivity index (χ0v) is 13.4. The summed E-state index contributed by atoms with van der Waals surface area (Å²) in [6, 6.07) is 3.87. The van der Waals surface area contributed by atoms with Crippen LogP contribution in [-0.2, 0) is 11.2 Å². The van der Waals surface area contributed by atoms with Gasteiger partial charge in [0.15, 0.2) is 0 Å². The second kappa shape index (κ2) is 6.42. The van der Waals surface area contributed by atoms with Crippen LogP contribution in [0.4, 0.5) is 5.69 Å². The van der Waals surface area contributed by atoms with Crippen molar-refractivity contribution in [1.82, 2.24) is 9.97 Å². The predicted molar refractivity (Wildman–Crippen MR) is 89.1 cm³/mol. The third-order valence-corrected chi connectivity index (χ3v) is 4.26. The molecule has 0 atom stereocenters. The Morgan fingerprint density at radius 2 is 2.09 bits per heavy atom. The van der Waals surface area contributed by atoms with E-state index in [1.54, 1.807) is 13.1 Å². The second-order valence-electron chi connectivity index (χ2n) is 5.64. The number of hydrogen-bond donors (Lipinski definition) is 2. The van der Waals surface area contributed by atoms with Crippen molar-refractivity contribution in [3.05, 3.63) is 39.8 Å². The molecule has 0 unspecified atom stereocenters. The molecule has 2 aromatic rings. The van der Waals surface area contributed by atoms with E-state index in [0.29, 0.717) is 28.9 Å². The van der Waals surface area contributed by atoms with Crippen LogP contribution < -0.4 is 10.5 Å². The van der Waals surface area contributed by atoms with Crippen LogP contribution >= 0.6 is 0 Å². The van der Waals surface area contributed by atoms with Crippen LogP contribution in [0.1, 0.15) is 18.1 Å². The van der Waals surface area contributed by atoms with Gasteiger partial charge in [0, 0.05) is 18.7 Å². The fraction of sp³-hybridized carbons (Fsp3) is 0.412. The maximum atomic E-state index is 12.0. The summed E-state index contributed by atoms with van der Waals surface area (Å²) in [5.41, 5.74) is 3.06. The van der Waals surface area contributed by atoms with Crippen molar-refractivity contribution >= 4 is 5.69 Å². The van der Waals surface area contributed by atoms with Crippen LogP contribution in [0.25, 0.3) is 11.4 Å². The summed E-state index contributed by atoms with van der Waals surface area (Å²) in [6.45, 7) is 6.71. The van der Waals surface area contributed by atoms with Gasteiger partial charge in [-0.05, 0) is 25.5 Å². The molecule has 0 bridgehead atoms. The van der Waals surface area contributed by atoms with Gasteiger partial charge in [-0.1, -0.05) is 6.92 Å². The molecule has 0 spiro atoms. The molecule has 0 saturated carbocycles. The SMILES string of the molecule is CCc1c(-c2ccc(N3CCOCC3)cn2)[nH]c(=O)c(C)c1O. The molecule has 6 heteroatoms. The Morgan fingerprint density at radius 1 is 1.35 bits per heavy atom. The molecule has 122 valence electrons. The van der Waals surface area contributed by atoms with Gasteiger partial charge in [-0.15, -0.1) is 0 Å². The molecule has 3 rings (SSSR count). The predicted octanol–water partition coefficient (Wildman–Crippen LogP) is 1.85. The lowest BCUT2D eigenvalue weighted by Gasteiger charge is -2.28. The Morgan fingerprint density at radius 3 is 2.70 bits per heavy atom. The zero-order chi connectivity index (χ0) is 16.4. The molecule has 2 N–H and O–H groups in total. The summed E-state index contributed by atoms with van der Waals surface area (Å²) in [6.07, 6.45) is 2.42. The van der Waals surface area contributed by atoms with Gasteiger partial charge in [0.05, 0.1) is 42.0 Å². The molecule has 1 aliphatic heterocycles. The highest BCUT2D eigenvalue weighted by Crippen LogP contribution is 2.29. The van der Waals surface area contributed by atoms with Crippen molar-refractivity contribution in [2.45, 2.75) is 20.3 Å². The average molecular weight is 315 g/mol. The van der Waals surface area contributed by atoms with E-state index < -0.39 is 0 Å². The number of nitrogens with one attached hydrogen (secondary N) is 1. The number of rotatable bonds is 3. The summed E-state index contributed by atoms with van der Waals surface area (Å²) < 4.78 is 5.35. The Kier molecular flexibility index (Phi) is 4.34. The number of ether oxygens (including phenoxy) is 1. The smallest absolute Gasteiger partial charge is 0.255 e. The van der Waals surface area contributed by atoms with Crippen molar-refractivity contribution < 1.29 is 9.84 Å². The molecule has 0 aliphatic carbocycles. The van der Waals surface area contributed by atoms with Crippen LogP contribution in [0.3, 0.4) is 0 Å². The van der Waals surface area contributed by atoms with E-state index in [1.165, 1.54) is 0 Å². The minimum atomic E-state index is -0.284. The molecule has 0 aromatic carbocycles. The number of nitrogens with zero attached hydrogens (tertiary/aromatic N) is 2. The topological polar surface area (TPSA) is 78.5 Å². The van der Waals surface area contributed by atoms with Crippen LogP contribution in [0.5, 0.6) is 5.75 Å². The quantitative estimate of drug-likeness (QED) is 0.904. The molecule has 6 nitrogen and oxygen atoms in total. The highest BCUT2D eigenvalue weighted by atomic mass is 16.5. The molecule has 0 amide bonds. The first-order valence-corrected chi connectivity index (χ1v) is 7.85. The Hall–Kier alpha value is -2.34. The molecular formula is C17H21N3O3. The van der Waals surface area contributed by atoms with Gasteiger partial charge in [-0.2, -0.15) is 0 Å². The maximum Gasteiger partial charge on any atom is 0.255 e. The molecule has 1 fully saturated rings.